The smallest absolute Gasteiger partial charge is 0.211 e. The Labute approximate surface area is 73.1 Å². The predicted octanol–water partition coefficient (Wildman–Crippen LogP) is 0.234. The summed E-state index contributed by atoms with van der Waals surface area (Å²) in [4.78, 5) is 0. The first kappa shape index (κ1) is 9.95. The van der Waals surface area contributed by atoms with E-state index in [9.17, 15) is 8.42 Å². The van der Waals surface area contributed by atoms with Crippen molar-refractivity contribution >= 4 is 10.0 Å². The second-order valence-electron chi connectivity index (χ2n) is 3.40. The summed E-state index contributed by atoms with van der Waals surface area (Å²) in [5.74, 6) is -0.0451. The van der Waals surface area contributed by atoms with Crippen molar-refractivity contribution in [3.63, 3.8) is 0 Å². The molecular formula is C7H15NO3S. The van der Waals surface area contributed by atoms with Crippen LogP contribution in [0.4, 0.5) is 0 Å². The summed E-state index contributed by atoms with van der Waals surface area (Å²) in [5.41, 5.74) is -0.492. The average molecular weight is 193 g/mol. The van der Waals surface area contributed by atoms with Gasteiger partial charge in [-0.25, -0.2) is 13.6 Å². The van der Waals surface area contributed by atoms with Gasteiger partial charge in [0.05, 0.1) is 11.4 Å². The van der Waals surface area contributed by atoms with Crippen molar-refractivity contribution in [2.45, 2.75) is 31.3 Å². The molecule has 0 radical (unpaired) electrons. The van der Waals surface area contributed by atoms with Gasteiger partial charge < -0.3 is 4.74 Å². The standard InChI is InChI=1S/C7H15NO3S/c1-11-7(4-2-3-5-7)6-12(8,9)10/h2-6H2,1H3,(H2,8,9,10). The summed E-state index contributed by atoms with van der Waals surface area (Å²) in [6, 6.07) is 0. The van der Waals surface area contributed by atoms with E-state index < -0.39 is 15.6 Å². The molecule has 0 saturated heterocycles. The van der Waals surface area contributed by atoms with Gasteiger partial charge in [-0.1, -0.05) is 12.8 Å². The second-order valence-corrected chi connectivity index (χ2v) is 5.02. The number of primary sulfonamides is 1. The van der Waals surface area contributed by atoms with Crippen LogP contribution in [-0.4, -0.2) is 26.9 Å². The van der Waals surface area contributed by atoms with Crippen molar-refractivity contribution in [3.8, 4) is 0 Å². The van der Waals surface area contributed by atoms with Crippen LogP contribution in [0.2, 0.25) is 0 Å². The van der Waals surface area contributed by atoms with E-state index in [1.807, 2.05) is 0 Å². The van der Waals surface area contributed by atoms with Gasteiger partial charge in [0.2, 0.25) is 10.0 Å². The van der Waals surface area contributed by atoms with E-state index in [1.165, 1.54) is 0 Å². The first-order chi connectivity index (χ1) is 5.47. The molecule has 1 rings (SSSR count). The number of rotatable bonds is 3. The molecule has 1 saturated carbocycles. The van der Waals surface area contributed by atoms with E-state index in [-0.39, 0.29) is 5.75 Å². The van der Waals surface area contributed by atoms with E-state index in [4.69, 9.17) is 9.88 Å². The fourth-order valence-corrected chi connectivity index (χ4v) is 2.93. The average Bonchev–Trinajstić information content (AvgIpc) is 2.34. The van der Waals surface area contributed by atoms with Crippen molar-refractivity contribution in [1.82, 2.24) is 0 Å². The zero-order chi connectivity index (χ0) is 9.24. The molecule has 1 aliphatic carbocycles. The molecule has 0 bridgehead atoms. The fraction of sp³-hybridized carbons (Fsp3) is 1.00. The van der Waals surface area contributed by atoms with Crippen molar-refractivity contribution < 1.29 is 13.2 Å². The zero-order valence-electron chi connectivity index (χ0n) is 7.25. The molecule has 0 aromatic heterocycles. The number of ether oxygens (including phenoxy) is 1. The lowest BCUT2D eigenvalue weighted by atomic mass is 10.1. The van der Waals surface area contributed by atoms with Crippen LogP contribution in [0.5, 0.6) is 0 Å². The Bertz CT molecular complexity index is 241. The monoisotopic (exact) mass is 193 g/mol. The van der Waals surface area contributed by atoms with E-state index in [0.717, 1.165) is 25.7 Å². The van der Waals surface area contributed by atoms with Crippen LogP contribution in [0.1, 0.15) is 25.7 Å². The minimum absolute atomic E-state index is 0.0451. The normalized spacial score (nSPS) is 22.8. The molecule has 2 N–H and O–H groups in total. The van der Waals surface area contributed by atoms with Crippen molar-refractivity contribution in [1.29, 1.82) is 0 Å². The molecule has 72 valence electrons. The van der Waals surface area contributed by atoms with Crippen LogP contribution >= 0.6 is 0 Å². The predicted molar refractivity (Wildman–Crippen MR) is 46.2 cm³/mol. The molecular weight excluding hydrogens is 178 g/mol. The fourth-order valence-electron chi connectivity index (χ4n) is 1.79. The van der Waals surface area contributed by atoms with E-state index in [0.29, 0.717) is 0 Å². The third-order valence-corrected chi connectivity index (χ3v) is 3.34. The van der Waals surface area contributed by atoms with Crippen LogP contribution in [-0.2, 0) is 14.8 Å². The Kier molecular flexibility index (Phi) is 2.75. The number of sulfonamides is 1. The van der Waals surface area contributed by atoms with Gasteiger partial charge in [0.15, 0.2) is 0 Å². The molecule has 0 atom stereocenters. The number of hydrogen-bond donors (Lipinski definition) is 1. The number of nitrogens with two attached hydrogens (primary N) is 1. The van der Waals surface area contributed by atoms with Gasteiger partial charge in [0.1, 0.15) is 0 Å². The van der Waals surface area contributed by atoms with Gasteiger partial charge in [-0.2, -0.15) is 0 Å². The van der Waals surface area contributed by atoms with Crippen molar-refractivity contribution in [2.75, 3.05) is 12.9 Å². The minimum Gasteiger partial charge on any atom is -0.377 e. The first-order valence-electron chi connectivity index (χ1n) is 4.03. The van der Waals surface area contributed by atoms with Crippen LogP contribution in [0.3, 0.4) is 0 Å². The molecule has 5 heteroatoms. The van der Waals surface area contributed by atoms with Crippen LogP contribution in [0.15, 0.2) is 0 Å². The van der Waals surface area contributed by atoms with Crippen LogP contribution in [0, 0.1) is 0 Å². The van der Waals surface area contributed by atoms with Crippen molar-refractivity contribution in [2.24, 2.45) is 5.14 Å². The molecule has 0 aromatic rings. The molecule has 1 aliphatic rings. The van der Waals surface area contributed by atoms with E-state index in [1.54, 1.807) is 7.11 Å². The van der Waals surface area contributed by atoms with Gasteiger partial charge in [-0.15, -0.1) is 0 Å². The third-order valence-electron chi connectivity index (χ3n) is 2.41. The molecule has 1 fully saturated rings. The lowest BCUT2D eigenvalue weighted by molar-refractivity contribution is 0.0156. The summed E-state index contributed by atoms with van der Waals surface area (Å²) in [6.07, 6.45) is 3.67. The third kappa shape index (κ3) is 2.43. The first-order valence-corrected chi connectivity index (χ1v) is 5.75. The molecule has 4 nitrogen and oxygen atoms in total. The summed E-state index contributed by atoms with van der Waals surface area (Å²) in [6.45, 7) is 0. The lowest BCUT2D eigenvalue weighted by Gasteiger charge is -2.25. The van der Waals surface area contributed by atoms with E-state index >= 15 is 0 Å². The summed E-state index contributed by atoms with van der Waals surface area (Å²) >= 11 is 0. The SMILES string of the molecule is COC1(CS(N)(=O)=O)CCCC1. The van der Waals surface area contributed by atoms with Gasteiger partial charge in [0, 0.05) is 7.11 Å². The Morgan fingerprint density at radius 1 is 1.42 bits per heavy atom. The Morgan fingerprint density at radius 2 is 1.92 bits per heavy atom. The highest BCUT2D eigenvalue weighted by Crippen LogP contribution is 2.33. The Balaban J connectivity index is 2.68. The van der Waals surface area contributed by atoms with Gasteiger partial charge in [-0.05, 0) is 12.8 Å². The largest absolute Gasteiger partial charge is 0.377 e. The Morgan fingerprint density at radius 3 is 2.25 bits per heavy atom. The summed E-state index contributed by atoms with van der Waals surface area (Å²) in [5, 5.41) is 4.97. The highest BCUT2D eigenvalue weighted by atomic mass is 32.2. The van der Waals surface area contributed by atoms with E-state index in [2.05, 4.69) is 0 Å². The van der Waals surface area contributed by atoms with Gasteiger partial charge in [0.25, 0.3) is 0 Å². The highest BCUT2D eigenvalue weighted by Gasteiger charge is 2.37. The van der Waals surface area contributed by atoms with Crippen LogP contribution < -0.4 is 5.14 Å². The molecule has 0 spiro atoms. The van der Waals surface area contributed by atoms with Gasteiger partial charge in [-0.3, -0.25) is 0 Å². The molecule has 0 heterocycles. The van der Waals surface area contributed by atoms with Gasteiger partial charge >= 0.3 is 0 Å². The van der Waals surface area contributed by atoms with Crippen LogP contribution in [0.25, 0.3) is 0 Å². The number of methoxy groups -OCH3 is 1. The summed E-state index contributed by atoms with van der Waals surface area (Å²) in [7, 11) is -1.85. The highest BCUT2D eigenvalue weighted by molar-refractivity contribution is 7.89. The topological polar surface area (TPSA) is 69.4 Å². The number of hydrogen-bond acceptors (Lipinski definition) is 3. The zero-order valence-corrected chi connectivity index (χ0v) is 8.06. The maximum Gasteiger partial charge on any atom is 0.211 e. The second kappa shape index (κ2) is 3.32. The molecule has 0 unspecified atom stereocenters. The maximum absolute atomic E-state index is 10.8. The molecule has 0 amide bonds. The minimum atomic E-state index is -3.40. The Hall–Kier alpha value is -0.130. The molecule has 12 heavy (non-hydrogen) atoms. The lowest BCUT2D eigenvalue weighted by Crippen LogP contribution is -2.39. The van der Waals surface area contributed by atoms with Crippen molar-refractivity contribution in [3.05, 3.63) is 0 Å². The molecule has 0 aliphatic heterocycles. The summed E-state index contributed by atoms with van der Waals surface area (Å²) < 4.78 is 26.9. The maximum atomic E-state index is 10.8. The molecule has 0 aromatic carbocycles. The quantitative estimate of drug-likeness (QED) is 0.697.